The van der Waals surface area contributed by atoms with E-state index in [0.29, 0.717) is 11.7 Å². The summed E-state index contributed by atoms with van der Waals surface area (Å²) in [7, 11) is 0. The zero-order chi connectivity index (χ0) is 19.5. The summed E-state index contributed by atoms with van der Waals surface area (Å²) in [4.78, 5) is 20.8. The van der Waals surface area contributed by atoms with Crippen LogP contribution in [0, 0.1) is 16.7 Å². The van der Waals surface area contributed by atoms with Crippen molar-refractivity contribution in [2.24, 2.45) is 16.7 Å². The Kier molecular flexibility index (Phi) is 3.67. The summed E-state index contributed by atoms with van der Waals surface area (Å²) < 4.78 is 1.95. The van der Waals surface area contributed by atoms with Crippen molar-refractivity contribution >= 4 is 11.4 Å². The molecular formula is C23H27N4O+. The molecule has 5 heteroatoms. The zero-order valence-corrected chi connectivity index (χ0v) is 16.7. The number of carbonyl (C=O) groups excluding carboxylic acids is 1. The first-order chi connectivity index (χ1) is 13.4. The van der Waals surface area contributed by atoms with Crippen molar-refractivity contribution in [2.45, 2.75) is 46.1 Å². The topological polar surface area (TPSA) is 61.9 Å². The monoisotopic (exact) mass is 375 g/mol. The fraction of sp³-hybridized carbons (Fsp3) is 0.435. The summed E-state index contributed by atoms with van der Waals surface area (Å²) in [5, 5.41) is 3.38. The molecule has 3 aromatic rings. The van der Waals surface area contributed by atoms with Crippen molar-refractivity contribution in [1.29, 1.82) is 0 Å². The van der Waals surface area contributed by atoms with Crippen LogP contribution in [-0.2, 0) is 0 Å². The van der Waals surface area contributed by atoms with Gasteiger partial charge < -0.3 is 5.32 Å². The van der Waals surface area contributed by atoms with E-state index in [0.717, 1.165) is 23.2 Å². The molecule has 28 heavy (non-hydrogen) atoms. The van der Waals surface area contributed by atoms with Crippen molar-refractivity contribution < 1.29 is 9.20 Å². The van der Waals surface area contributed by atoms with Crippen LogP contribution in [-0.4, -0.2) is 21.9 Å². The third-order valence-electron chi connectivity index (χ3n) is 7.88. The lowest BCUT2D eigenvalue weighted by molar-refractivity contribution is -0.514. The van der Waals surface area contributed by atoms with Gasteiger partial charge in [-0.25, -0.2) is 4.98 Å². The summed E-state index contributed by atoms with van der Waals surface area (Å²) in [6.07, 6.45) is 9.04. The van der Waals surface area contributed by atoms with E-state index in [1.165, 1.54) is 12.8 Å². The number of imidazole rings is 1. The minimum Gasteiger partial charge on any atom is -0.342 e. The number of nitrogens with zero attached hydrogens (tertiary/aromatic N) is 2. The molecule has 1 amide bonds. The number of rotatable bonds is 3. The first kappa shape index (κ1) is 17.4. The molecule has 2 aliphatic carbocycles. The highest BCUT2D eigenvalue weighted by Crippen LogP contribution is 2.65. The Morgan fingerprint density at radius 2 is 2.00 bits per heavy atom. The van der Waals surface area contributed by atoms with Crippen molar-refractivity contribution in [2.75, 3.05) is 0 Å². The Morgan fingerprint density at radius 1 is 1.21 bits per heavy atom. The van der Waals surface area contributed by atoms with Gasteiger partial charge >= 0.3 is 11.7 Å². The smallest absolute Gasteiger partial charge is 0.342 e. The number of hydrogen-bond donors (Lipinski definition) is 2. The maximum absolute atomic E-state index is 13.3. The molecule has 3 atom stereocenters. The van der Waals surface area contributed by atoms with E-state index in [1.54, 1.807) is 12.4 Å². The second kappa shape index (κ2) is 5.90. The SMILES string of the molecule is CC1(C)C2CC[C@@]1(C)[C@@H](NC(=O)c1[nH]c(-c3ccncc3)c3cccc[n+]13)C2. The van der Waals surface area contributed by atoms with Gasteiger partial charge in [0.1, 0.15) is 0 Å². The van der Waals surface area contributed by atoms with Gasteiger partial charge in [-0.1, -0.05) is 26.8 Å². The van der Waals surface area contributed by atoms with Gasteiger partial charge in [-0.2, -0.15) is 4.40 Å². The normalized spacial score (nSPS) is 28.0. The van der Waals surface area contributed by atoms with Gasteiger partial charge in [-0.3, -0.25) is 9.78 Å². The molecule has 5 nitrogen and oxygen atoms in total. The van der Waals surface area contributed by atoms with Crippen molar-refractivity contribution in [3.8, 4) is 11.3 Å². The highest BCUT2D eigenvalue weighted by Gasteiger charge is 2.61. The van der Waals surface area contributed by atoms with E-state index in [4.69, 9.17) is 0 Å². The van der Waals surface area contributed by atoms with Crippen molar-refractivity contribution in [3.63, 3.8) is 0 Å². The Morgan fingerprint density at radius 3 is 2.68 bits per heavy atom. The van der Waals surface area contributed by atoms with E-state index < -0.39 is 0 Å². The Bertz CT molecular complexity index is 1050. The molecule has 2 aliphatic rings. The van der Waals surface area contributed by atoms with Crippen LogP contribution in [0.1, 0.15) is 50.7 Å². The van der Waals surface area contributed by atoms with E-state index in [9.17, 15) is 4.79 Å². The number of pyridine rings is 2. The minimum absolute atomic E-state index is 0.0314. The quantitative estimate of drug-likeness (QED) is 0.685. The van der Waals surface area contributed by atoms with Crippen LogP contribution in [0.3, 0.4) is 0 Å². The van der Waals surface area contributed by atoms with Crippen LogP contribution < -0.4 is 9.72 Å². The molecule has 144 valence electrons. The molecule has 2 saturated carbocycles. The van der Waals surface area contributed by atoms with Gasteiger partial charge in [-0.15, -0.1) is 0 Å². The van der Waals surface area contributed by atoms with Gasteiger partial charge in [0.2, 0.25) is 0 Å². The van der Waals surface area contributed by atoms with Crippen LogP contribution in [0.2, 0.25) is 0 Å². The van der Waals surface area contributed by atoms with E-state index >= 15 is 0 Å². The molecule has 0 aliphatic heterocycles. The molecule has 2 fully saturated rings. The maximum Gasteiger partial charge on any atom is 0.351 e. The average molecular weight is 375 g/mol. The lowest BCUT2D eigenvalue weighted by Crippen LogP contribution is -2.48. The third kappa shape index (κ3) is 2.28. The third-order valence-corrected chi connectivity index (χ3v) is 7.88. The molecule has 3 aromatic heterocycles. The summed E-state index contributed by atoms with van der Waals surface area (Å²) in [6.45, 7) is 7.10. The molecule has 0 aromatic carbocycles. The van der Waals surface area contributed by atoms with Crippen LogP contribution in [0.5, 0.6) is 0 Å². The molecule has 0 spiro atoms. The first-order valence-corrected chi connectivity index (χ1v) is 10.2. The second-order valence-electron chi connectivity index (χ2n) is 9.18. The average Bonchev–Trinajstić information content (AvgIpc) is 3.25. The largest absolute Gasteiger partial charge is 0.351 e. The van der Waals surface area contributed by atoms with Crippen molar-refractivity contribution in [1.82, 2.24) is 15.3 Å². The summed E-state index contributed by atoms with van der Waals surface area (Å²) >= 11 is 0. The Hall–Kier alpha value is -2.69. The van der Waals surface area contributed by atoms with Gasteiger partial charge in [0.25, 0.3) is 0 Å². The van der Waals surface area contributed by atoms with Gasteiger partial charge in [0.05, 0.1) is 6.20 Å². The van der Waals surface area contributed by atoms with Crippen LogP contribution in [0.25, 0.3) is 16.8 Å². The molecule has 0 saturated heterocycles. The molecule has 5 rings (SSSR count). The number of H-pyrrole nitrogens is 1. The number of carbonyl (C=O) groups is 1. The molecule has 2 N–H and O–H groups in total. The number of aromatic nitrogens is 3. The number of amides is 1. The fourth-order valence-electron chi connectivity index (χ4n) is 5.64. The predicted octanol–water partition coefficient (Wildman–Crippen LogP) is 3.76. The van der Waals surface area contributed by atoms with Crippen LogP contribution in [0.4, 0.5) is 0 Å². The Balaban J connectivity index is 1.51. The van der Waals surface area contributed by atoms with Gasteiger partial charge in [0.15, 0.2) is 11.2 Å². The second-order valence-corrected chi connectivity index (χ2v) is 9.18. The van der Waals surface area contributed by atoms with Crippen LogP contribution in [0.15, 0.2) is 48.9 Å². The number of hydrogen-bond acceptors (Lipinski definition) is 2. The number of aromatic amines is 1. The highest BCUT2D eigenvalue weighted by molar-refractivity contribution is 5.91. The summed E-state index contributed by atoms with van der Waals surface area (Å²) in [5.74, 6) is 1.24. The highest BCUT2D eigenvalue weighted by atomic mass is 16.2. The lowest BCUT2D eigenvalue weighted by Gasteiger charge is -2.39. The molecular weight excluding hydrogens is 348 g/mol. The molecule has 3 heterocycles. The summed E-state index contributed by atoms with van der Waals surface area (Å²) in [5.41, 5.74) is 3.38. The summed E-state index contributed by atoms with van der Waals surface area (Å²) in [6, 6.07) is 10.1. The predicted molar refractivity (Wildman–Crippen MR) is 108 cm³/mol. The van der Waals surface area contributed by atoms with Gasteiger partial charge in [0, 0.05) is 24.0 Å². The van der Waals surface area contributed by atoms with Gasteiger partial charge in [-0.05, 0) is 60.3 Å². The molecule has 2 bridgehead atoms. The van der Waals surface area contributed by atoms with E-state index in [-0.39, 0.29) is 22.8 Å². The first-order valence-electron chi connectivity index (χ1n) is 10.2. The number of fused-ring (bicyclic) bond motifs is 3. The zero-order valence-electron chi connectivity index (χ0n) is 16.7. The minimum atomic E-state index is -0.0314. The van der Waals surface area contributed by atoms with E-state index in [2.05, 4.69) is 36.1 Å². The fourth-order valence-corrected chi connectivity index (χ4v) is 5.64. The number of nitrogens with one attached hydrogen (secondary N) is 2. The Labute approximate surface area is 165 Å². The van der Waals surface area contributed by atoms with Crippen molar-refractivity contribution in [3.05, 3.63) is 54.7 Å². The van der Waals surface area contributed by atoms with E-state index in [1.807, 2.05) is 40.9 Å². The van der Waals surface area contributed by atoms with Crippen LogP contribution >= 0.6 is 0 Å². The maximum atomic E-state index is 13.3. The lowest BCUT2D eigenvalue weighted by atomic mass is 9.69. The standard InChI is InChI=1S/C23H26N4O/c1-22(2)16-7-10-23(22,3)18(14-16)25-21(28)20-26-19(15-8-11-24-12-9-15)17-6-4-5-13-27(17)20/h4-6,8-9,11-13,16,18H,7,10,14H2,1-3H3,(H,25,28)/p+1/t16?,18-,23-/m0/s1. The molecule has 1 unspecified atom stereocenters. The molecule has 0 radical (unpaired) electrons.